The average molecular weight is 258 g/mol. The second kappa shape index (κ2) is 5.26. The maximum absolute atomic E-state index is 11.0. The Hall–Kier alpha value is -2.10. The van der Waals surface area contributed by atoms with Crippen LogP contribution in [-0.2, 0) is 6.54 Å². The first kappa shape index (κ1) is 13.3. The largest absolute Gasteiger partial charge is 0.478 e. The van der Waals surface area contributed by atoms with E-state index < -0.39 is 5.97 Å². The molecule has 1 heterocycles. The topological polar surface area (TPSA) is 55.1 Å². The summed E-state index contributed by atoms with van der Waals surface area (Å²) in [6, 6.07) is 8.35. The SMILES string of the molecule is Cc1c(C(=O)O)cnn1Cc1ccc(C(C)C)cc1. The fourth-order valence-electron chi connectivity index (χ4n) is 2.00. The van der Waals surface area contributed by atoms with E-state index in [0.29, 0.717) is 18.2 Å². The molecule has 2 aromatic rings. The van der Waals surface area contributed by atoms with Gasteiger partial charge in [-0.1, -0.05) is 38.1 Å². The molecule has 0 atom stereocenters. The Morgan fingerprint density at radius 1 is 1.32 bits per heavy atom. The molecule has 0 spiro atoms. The summed E-state index contributed by atoms with van der Waals surface area (Å²) in [4.78, 5) is 11.0. The molecule has 0 saturated heterocycles. The minimum absolute atomic E-state index is 0.263. The van der Waals surface area contributed by atoms with Crippen LogP contribution in [0.25, 0.3) is 0 Å². The zero-order valence-electron chi connectivity index (χ0n) is 11.4. The average Bonchev–Trinajstić information content (AvgIpc) is 2.72. The van der Waals surface area contributed by atoms with Crippen LogP contribution in [0.5, 0.6) is 0 Å². The van der Waals surface area contributed by atoms with E-state index in [0.717, 1.165) is 5.56 Å². The second-order valence-electron chi connectivity index (χ2n) is 5.00. The Balaban J connectivity index is 2.19. The highest BCUT2D eigenvalue weighted by atomic mass is 16.4. The van der Waals surface area contributed by atoms with Gasteiger partial charge in [0, 0.05) is 0 Å². The summed E-state index contributed by atoms with van der Waals surface area (Å²) in [5.41, 5.74) is 3.36. The smallest absolute Gasteiger partial charge is 0.339 e. The van der Waals surface area contributed by atoms with Gasteiger partial charge in [0.15, 0.2) is 0 Å². The van der Waals surface area contributed by atoms with Crippen LogP contribution in [0.4, 0.5) is 0 Å². The van der Waals surface area contributed by atoms with Gasteiger partial charge in [0.2, 0.25) is 0 Å². The number of rotatable bonds is 4. The van der Waals surface area contributed by atoms with Crippen molar-refractivity contribution in [2.45, 2.75) is 33.2 Å². The lowest BCUT2D eigenvalue weighted by molar-refractivity contribution is 0.0696. The van der Waals surface area contributed by atoms with Crippen molar-refractivity contribution in [2.24, 2.45) is 0 Å². The van der Waals surface area contributed by atoms with Gasteiger partial charge in [0.1, 0.15) is 5.56 Å². The van der Waals surface area contributed by atoms with E-state index in [-0.39, 0.29) is 5.56 Å². The lowest BCUT2D eigenvalue weighted by Gasteiger charge is -2.08. The number of aromatic nitrogens is 2. The molecule has 0 saturated carbocycles. The van der Waals surface area contributed by atoms with Crippen LogP contribution >= 0.6 is 0 Å². The number of carboxylic acid groups (broad SMARTS) is 1. The maximum atomic E-state index is 11.0. The Morgan fingerprint density at radius 2 is 1.95 bits per heavy atom. The summed E-state index contributed by atoms with van der Waals surface area (Å²) in [6.45, 7) is 6.69. The highest BCUT2D eigenvalue weighted by Crippen LogP contribution is 2.16. The number of carboxylic acids is 1. The van der Waals surface area contributed by atoms with Crippen molar-refractivity contribution in [3.63, 3.8) is 0 Å². The van der Waals surface area contributed by atoms with Crippen molar-refractivity contribution in [3.8, 4) is 0 Å². The molecule has 0 aliphatic rings. The molecule has 4 nitrogen and oxygen atoms in total. The first-order chi connectivity index (χ1) is 8.99. The first-order valence-corrected chi connectivity index (χ1v) is 6.33. The summed E-state index contributed by atoms with van der Waals surface area (Å²) in [6.07, 6.45) is 1.40. The minimum atomic E-state index is -0.932. The molecule has 0 fully saturated rings. The van der Waals surface area contributed by atoms with E-state index in [1.165, 1.54) is 11.8 Å². The first-order valence-electron chi connectivity index (χ1n) is 6.33. The standard InChI is InChI=1S/C15H18N2O2/c1-10(2)13-6-4-12(5-7-13)9-17-11(3)14(8-16-17)15(18)19/h4-8,10H,9H2,1-3H3,(H,18,19). The predicted octanol–water partition coefficient (Wildman–Crippen LogP) is 3.06. The molecule has 100 valence electrons. The van der Waals surface area contributed by atoms with E-state index in [1.807, 2.05) is 0 Å². The molecule has 0 radical (unpaired) electrons. The Labute approximate surface area is 112 Å². The normalized spacial score (nSPS) is 10.9. The van der Waals surface area contributed by atoms with Gasteiger partial charge in [-0.15, -0.1) is 0 Å². The lowest BCUT2D eigenvalue weighted by atomic mass is 10.0. The number of hydrogen-bond donors (Lipinski definition) is 1. The van der Waals surface area contributed by atoms with Crippen molar-refractivity contribution in [3.05, 3.63) is 52.8 Å². The summed E-state index contributed by atoms with van der Waals surface area (Å²) >= 11 is 0. The fourth-order valence-corrected chi connectivity index (χ4v) is 2.00. The van der Waals surface area contributed by atoms with E-state index in [1.54, 1.807) is 11.6 Å². The number of hydrogen-bond acceptors (Lipinski definition) is 2. The van der Waals surface area contributed by atoms with Crippen LogP contribution < -0.4 is 0 Å². The van der Waals surface area contributed by atoms with Crippen LogP contribution in [0.3, 0.4) is 0 Å². The van der Waals surface area contributed by atoms with Gasteiger partial charge in [-0.2, -0.15) is 5.10 Å². The van der Waals surface area contributed by atoms with Crippen molar-refractivity contribution < 1.29 is 9.90 Å². The van der Waals surface area contributed by atoms with Crippen LogP contribution in [0.1, 0.15) is 46.9 Å². The van der Waals surface area contributed by atoms with Crippen molar-refractivity contribution in [1.29, 1.82) is 0 Å². The molecule has 0 aliphatic carbocycles. The van der Waals surface area contributed by atoms with Gasteiger partial charge >= 0.3 is 5.97 Å². The summed E-state index contributed by atoms with van der Waals surface area (Å²) in [5.74, 6) is -0.419. The second-order valence-corrected chi connectivity index (χ2v) is 5.00. The lowest BCUT2D eigenvalue weighted by Crippen LogP contribution is -2.06. The fraction of sp³-hybridized carbons (Fsp3) is 0.333. The van der Waals surface area contributed by atoms with Gasteiger partial charge in [-0.25, -0.2) is 4.79 Å². The van der Waals surface area contributed by atoms with Crippen LogP contribution in [0.2, 0.25) is 0 Å². The van der Waals surface area contributed by atoms with Crippen LogP contribution in [0, 0.1) is 6.92 Å². The van der Waals surface area contributed by atoms with Crippen molar-refractivity contribution in [1.82, 2.24) is 9.78 Å². The number of nitrogens with zero attached hydrogens (tertiary/aromatic N) is 2. The molecule has 0 aliphatic heterocycles. The molecule has 1 N–H and O–H groups in total. The van der Waals surface area contributed by atoms with Gasteiger partial charge < -0.3 is 5.11 Å². The van der Waals surface area contributed by atoms with E-state index >= 15 is 0 Å². The van der Waals surface area contributed by atoms with Gasteiger partial charge in [0.25, 0.3) is 0 Å². The molecule has 1 aromatic carbocycles. The molecular formula is C15H18N2O2. The molecule has 0 bridgehead atoms. The Kier molecular flexibility index (Phi) is 3.69. The van der Waals surface area contributed by atoms with E-state index in [4.69, 9.17) is 5.11 Å². The maximum Gasteiger partial charge on any atom is 0.339 e. The number of aromatic carboxylic acids is 1. The van der Waals surface area contributed by atoms with Gasteiger partial charge in [0.05, 0.1) is 18.4 Å². The van der Waals surface area contributed by atoms with Gasteiger partial charge in [-0.3, -0.25) is 4.68 Å². The predicted molar refractivity (Wildman–Crippen MR) is 73.6 cm³/mol. The third kappa shape index (κ3) is 2.84. The monoisotopic (exact) mass is 258 g/mol. The summed E-state index contributed by atoms with van der Waals surface area (Å²) < 4.78 is 1.72. The Bertz CT molecular complexity index is 583. The number of benzene rings is 1. The van der Waals surface area contributed by atoms with Crippen LogP contribution in [-0.4, -0.2) is 20.9 Å². The molecule has 4 heteroatoms. The molecule has 2 rings (SSSR count). The molecule has 0 amide bonds. The third-order valence-corrected chi connectivity index (χ3v) is 3.31. The summed E-state index contributed by atoms with van der Waals surface area (Å²) in [5, 5.41) is 13.1. The van der Waals surface area contributed by atoms with E-state index in [9.17, 15) is 4.79 Å². The molecule has 1 aromatic heterocycles. The molecule has 0 unspecified atom stereocenters. The summed E-state index contributed by atoms with van der Waals surface area (Å²) in [7, 11) is 0. The zero-order chi connectivity index (χ0) is 14.0. The quantitative estimate of drug-likeness (QED) is 0.917. The van der Waals surface area contributed by atoms with Crippen LogP contribution in [0.15, 0.2) is 30.5 Å². The third-order valence-electron chi connectivity index (χ3n) is 3.31. The minimum Gasteiger partial charge on any atom is -0.478 e. The number of carbonyl (C=O) groups is 1. The molecular weight excluding hydrogens is 240 g/mol. The van der Waals surface area contributed by atoms with Crippen molar-refractivity contribution >= 4 is 5.97 Å². The Morgan fingerprint density at radius 3 is 2.42 bits per heavy atom. The highest BCUT2D eigenvalue weighted by Gasteiger charge is 2.12. The van der Waals surface area contributed by atoms with Crippen molar-refractivity contribution in [2.75, 3.05) is 0 Å². The highest BCUT2D eigenvalue weighted by molar-refractivity contribution is 5.88. The van der Waals surface area contributed by atoms with Gasteiger partial charge in [-0.05, 0) is 24.0 Å². The van der Waals surface area contributed by atoms with E-state index in [2.05, 4.69) is 43.2 Å². The molecule has 19 heavy (non-hydrogen) atoms. The zero-order valence-corrected chi connectivity index (χ0v) is 11.4.